The summed E-state index contributed by atoms with van der Waals surface area (Å²) in [5.41, 5.74) is 5.77. The molecule has 3 aromatic rings. The van der Waals surface area contributed by atoms with Crippen LogP contribution in [0.2, 0.25) is 0 Å². The third-order valence-electron chi connectivity index (χ3n) is 5.12. The fourth-order valence-electron chi connectivity index (χ4n) is 3.37. The Morgan fingerprint density at radius 3 is 2.39 bits per heavy atom. The molecule has 0 bridgehead atoms. The first kappa shape index (κ1) is 21.8. The number of aromatic nitrogens is 2. The van der Waals surface area contributed by atoms with Gasteiger partial charge < -0.3 is 10.1 Å². The van der Waals surface area contributed by atoms with E-state index in [0.717, 1.165) is 28.2 Å². The number of nitrogens with zero attached hydrogens (tertiary/aromatic N) is 3. The van der Waals surface area contributed by atoms with E-state index >= 15 is 0 Å². The number of anilines is 1. The molecule has 0 aliphatic carbocycles. The van der Waals surface area contributed by atoms with Crippen molar-refractivity contribution in [3.05, 3.63) is 76.6 Å². The number of esters is 1. The summed E-state index contributed by atoms with van der Waals surface area (Å²) in [7, 11) is 1.38. The molecule has 1 heterocycles. The molecule has 0 aliphatic rings. The highest BCUT2D eigenvalue weighted by Crippen LogP contribution is 2.20. The summed E-state index contributed by atoms with van der Waals surface area (Å²) in [4.78, 5) is 24.0. The Morgan fingerprint density at radius 1 is 1.10 bits per heavy atom. The van der Waals surface area contributed by atoms with Gasteiger partial charge in [0.25, 0.3) is 5.91 Å². The normalized spacial score (nSPS) is 10.4. The summed E-state index contributed by atoms with van der Waals surface area (Å²) >= 11 is 0. The first-order valence-electron chi connectivity index (χ1n) is 9.92. The van der Waals surface area contributed by atoms with Crippen LogP contribution in [0.25, 0.3) is 5.69 Å². The number of nitriles is 1. The SMILES string of the molecule is COC(=O)CCc1c(C)nn(-c2ccc(C(=O)Nc3ccc(CC#N)cc3)cc2)c1C. The van der Waals surface area contributed by atoms with Crippen molar-refractivity contribution in [2.24, 2.45) is 0 Å². The van der Waals surface area contributed by atoms with E-state index < -0.39 is 0 Å². The largest absolute Gasteiger partial charge is 0.469 e. The van der Waals surface area contributed by atoms with Crippen molar-refractivity contribution in [1.29, 1.82) is 5.26 Å². The lowest BCUT2D eigenvalue weighted by atomic mass is 10.1. The minimum atomic E-state index is -0.249. The number of rotatable bonds is 7. The molecule has 0 unspecified atom stereocenters. The summed E-state index contributed by atoms with van der Waals surface area (Å²) in [5.74, 6) is -0.465. The van der Waals surface area contributed by atoms with E-state index in [1.807, 2.05) is 42.8 Å². The number of carbonyl (C=O) groups excluding carboxylic acids is 2. The number of hydrogen-bond donors (Lipinski definition) is 1. The number of nitrogens with one attached hydrogen (secondary N) is 1. The van der Waals surface area contributed by atoms with E-state index in [0.29, 0.717) is 30.5 Å². The molecule has 7 heteroatoms. The fourth-order valence-corrected chi connectivity index (χ4v) is 3.37. The Kier molecular flexibility index (Phi) is 6.83. The number of benzene rings is 2. The number of amides is 1. The molecule has 0 radical (unpaired) electrons. The molecule has 0 spiro atoms. The predicted octanol–water partition coefficient (Wildman–Crippen LogP) is 3.91. The van der Waals surface area contributed by atoms with Crippen LogP contribution < -0.4 is 5.32 Å². The van der Waals surface area contributed by atoms with Crippen molar-refractivity contribution in [3.8, 4) is 11.8 Å². The Labute approximate surface area is 181 Å². The van der Waals surface area contributed by atoms with Crippen molar-refractivity contribution in [1.82, 2.24) is 9.78 Å². The Hall–Kier alpha value is -3.92. The predicted molar refractivity (Wildman–Crippen MR) is 117 cm³/mol. The van der Waals surface area contributed by atoms with Crippen LogP contribution in [-0.2, 0) is 22.4 Å². The van der Waals surface area contributed by atoms with Gasteiger partial charge in [-0.05, 0) is 67.8 Å². The second-order valence-electron chi connectivity index (χ2n) is 7.17. The van der Waals surface area contributed by atoms with Crippen LogP contribution in [-0.4, -0.2) is 28.8 Å². The van der Waals surface area contributed by atoms with Crippen LogP contribution in [0.4, 0.5) is 5.69 Å². The van der Waals surface area contributed by atoms with Gasteiger partial charge in [0, 0.05) is 23.4 Å². The second kappa shape index (κ2) is 9.72. The zero-order chi connectivity index (χ0) is 22.4. The van der Waals surface area contributed by atoms with Crippen LogP contribution in [0.3, 0.4) is 0 Å². The molecule has 0 saturated carbocycles. The third kappa shape index (κ3) is 5.17. The van der Waals surface area contributed by atoms with E-state index in [4.69, 9.17) is 10.00 Å². The van der Waals surface area contributed by atoms with Gasteiger partial charge >= 0.3 is 5.97 Å². The van der Waals surface area contributed by atoms with Crippen LogP contribution in [0.5, 0.6) is 0 Å². The first-order chi connectivity index (χ1) is 14.9. The lowest BCUT2D eigenvalue weighted by Crippen LogP contribution is -2.12. The van der Waals surface area contributed by atoms with Gasteiger partial charge in [-0.2, -0.15) is 10.4 Å². The average molecular weight is 416 g/mol. The molecule has 2 aromatic carbocycles. The van der Waals surface area contributed by atoms with E-state index in [2.05, 4.69) is 16.5 Å². The molecular weight excluding hydrogens is 392 g/mol. The monoisotopic (exact) mass is 416 g/mol. The standard InChI is InChI=1S/C24H24N4O3/c1-16-22(12-13-23(29)31-3)17(2)28(27-16)21-10-6-19(7-11-21)24(30)26-20-8-4-18(5-9-20)14-15-25/h4-11H,12-14H2,1-3H3,(H,26,30). The highest BCUT2D eigenvalue weighted by molar-refractivity contribution is 6.04. The first-order valence-corrected chi connectivity index (χ1v) is 9.92. The molecule has 3 rings (SSSR count). The topological polar surface area (TPSA) is 97.0 Å². The molecule has 1 amide bonds. The Bertz CT molecular complexity index is 1120. The zero-order valence-electron chi connectivity index (χ0n) is 17.8. The van der Waals surface area contributed by atoms with Crippen LogP contribution in [0.15, 0.2) is 48.5 Å². The van der Waals surface area contributed by atoms with E-state index in [9.17, 15) is 9.59 Å². The van der Waals surface area contributed by atoms with Crippen LogP contribution >= 0.6 is 0 Å². The maximum absolute atomic E-state index is 12.5. The van der Waals surface area contributed by atoms with E-state index in [-0.39, 0.29) is 11.9 Å². The average Bonchev–Trinajstić information content (AvgIpc) is 3.07. The van der Waals surface area contributed by atoms with Crippen molar-refractivity contribution < 1.29 is 14.3 Å². The van der Waals surface area contributed by atoms with Gasteiger partial charge in [-0.1, -0.05) is 12.1 Å². The van der Waals surface area contributed by atoms with Crippen LogP contribution in [0, 0.1) is 25.2 Å². The number of hydrogen-bond acceptors (Lipinski definition) is 5. The van der Waals surface area contributed by atoms with Crippen molar-refractivity contribution in [2.45, 2.75) is 33.1 Å². The van der Waals surface area contributed by atoms with Crippen molar-refractivity contribution in [2.75, 3.05) is 12.4 Å². The Balaban J connectivity index is 1.72. The van der Waals surface area contributed by atoms with Gasteiger partial charge in [0.2, 0.25) is 0 Å². The number of carbonyl (C=O) groups is 2. The third-order valence-corrected chi connectivity index (χ3v) is 5.12. The minimum Gasteiger partial charge on any atom is -0.469 e. The lowest BCUT2D eigenvalue weighted by molar-refractivity contribution is -0.140. The van der Waals surface area contributed by atoms with Gasteiger partial charge in [-0.25, -0.2) is 4.68 Å². The molecule has 31 heavy (non-hydrogen) atoms. The Morgan fingerprint density at radius 2 is 1.77 bits per heavy atom. The molecule has 158 valence electrons. The second-order valence-corrected chi connectivity index (χ2v) is 7.17. The van der Waals surface area contributed by atoms with Gasteiger partial charge in [-0.3, -0.25) is 9.59 Å². The molecule has 0 saturated heterocycles. The number of methoxy groups -OCH3 is 1. The molecular formula is C24H24N4O3. The number of aryl methyl sites for hydroxylation is 1. The summed E-state index contributed by atoms with van der Waals surface area (Å²) in [6, 6.07) is 16.5. The maximum atomic E-state index is 12.5. The minimum absolute atomic E-state index is 0.216. The molecule has 0 fully saturated rings. The van der Waals surface area contributed by atoms with Crippen molar-refractivity contribution in [3.63, 3.8) is 0 Å². The summed E-state index contributed by atoms with van der Waals surface area (Å²) in [6.45, 7) is 3.88. The van der Waals surface area contributed by atoms with E-state index in [1.165, 1.54) is 7.11 Å². The fraction of sp³-hybridized carbons (Fsp3) is 0.250. The van der Waals surface area contributed by atoms with Crippen LogP contribution in [0.1, 0.15) is 39.3 Å². The van der Waals surface area contributed by atoms with Gasteiger partial charge in [0.05, 0.1) is 31.0 Å². The lowest BCUT2D eigenvalue weighted by Gasteiger charge is -2.08. The maximum Gasteiger partial charge on any atom is 0.305 e. The number of ether oxygens (including phenoxy) is 1. The highest BCUT2D eigenvalue weighted by Gasteiger charge is 2.15. The molecule has 7 nitrogen and oxygen atoms in total. The molecule has 1 aromatic heterocycles. The van der Waals surface area contributed by atoms with Gasteiger partial charge in [-0.15, -0.1) is 0 Å². The highest BCUT2D eigenvalue weighted by atomic mass is 16.5. The van der Waals surface area contributed by atoms with Crippen molar-refractivity contribution >= 4 is 17.6 Å². The molecule has 0 atom stereocenters. The van der Waals surface area contributed by atoms with Gasteiger partial charge in [0.1, 0.15) is 0 Å². The zero-order valence-corrected chi connectivity index (χ0v) is 17.8. The molecule has 0 aliphatic heterocycles. The summed E-state index contributed by atoms with van der Waals surface area (Å²) < 4.78 is 6.54. The smallest absolute Gasteiger partial charge is 0.305 e. The summed E-state index contributed by atoms with van der Waals surface area (Å²) in [6.07, 6.45) is 1.21. The summed E-state index contributed by atoms with van der Waals surface area (Å²) in [5, 5.41) is 16.2. The quantitative estimate of drug-likeness (QED) is 0.589. The van der Waals surface area contributed by atoms with E-state index in [1.54, 1.807) is 24.3 Å². The molecule has 1 N–H and O–H groups in total. The van der Waals surface area contributed by atoms with Gasteiger partial charge in [0.15, 0.2) is 0 Å².